The lowest BCUT2D eigenvalue weighted by Crippen LogP contribution is -2.44. The first-order valence-electron chi connectivity index (χ1n) is 7.61. The van der Waals surface area contributed by atoms with Crippen LogP contribution in [0.25, 0.3) is 0 Å². The lowest BCUT2D eigenvalue weighted by atomic mass is 9.98. The van der Waals surface area contributed by atoms with Crippen molar-refractivity contribution in [1.29, 1.82) is 0 Å². The first-order valence-corrected chi connectivity index (χ1v) is 7.61. The summed E-state index contributed by atoms with van der Waals surface area (Å²) in [7, 11) is 0. The Morgan fingerprint density at radius 3 is 2.77 bits per heavy atom. The number of amides is 1. The van der Waals surface area contributed by atoms with E-state index in [4.69, 9.17) is 5.73 Å². The third-order valence-corrected chi connectivity index (χ3v) is 3.95. The largest absolute Gasteiger partial charge is 0.355 e. The molecule has 3 N–H and O–H groups in total. The number of rotatable bonds is 6. The van der Waals surface area contributed by atoms with E-state index in [1.54, 1.807) is 12.1 Å². The van der Waals surface area contributed by atoms with Gasteiger partial charge >= 0.3 is 0 Å². The summed E-state index contributed by atoms with van der Waals surface area (Å²) in [6, 6.07) is 6.38. The fourth-order valence-electron chi connectivity index (χ4n) is 2.74. The second kappa shape index (κ2) is 9.77. The van der Waals surface area contributed by atoms with Crippen molar-refractivity contribution in [2.24, 2.45) is 11.7 Å². The van der Waals surface area contributed by atoms with Gasteiger partial charge < -0.3 is 11.1 Å². The maximum absolute atomic E-state index is 12.8. The molecule has 6 heteroatoms. The van der Waals surface area contributed by atoms with Gasteiger partial charge in [-0.25, -0.2) is 4.39 Å². The van der Waals surface area contributed by atoms with Crippen LogP contribution >= 0.6 is 12.4 Å². The summed E-state index contributed by atoms with van der Waals surface area (Å²) in [5.74, 6) is 0.336. The molecule has 1 atom stereocenters. The third kappa shape index (κ3) is 6.30. The van der Waals surface area contributed by atoms with Gasteiger partial charge in [0.15, 0.2) is 0 Å². The maximum atomic E-state index is 12.8. The number of nitrogens with one attached hydrogen (secondary N) is 1. The van der Waals surface area contributed by atoms with Gasteiger partial charge in [0.2, 0.25) is 5.91 Å². The number of carbonyl (C=O) groups is 1. The van der Waals surface area contributed by atoms with Crippen LogP contribution < -0.4 is 11.1 Å². The van der Waals surface area contributed by atoms with Crippen LogP contribution in [0, 0.1) is 11.7 Å². The molecule has 0 aliphatic carbocycles. The molecular weight excluding hydrogens is 305 g/mol. The molecular formula is C16H25ClFN3O. The molecule has 0 spiro atoms. The van der Waals surface area contributed by atoms with Crippen molar-refractivity contribution in [2.45, 2.75) is 19.3 Å². The molecule has 124 valence electrons. The van der Waals surface area contributed by atoms with Gasteiger partial charge in [-0.2, -0.15) is 0 Å². The Morgan fingerprint density at radius 1 is 1.36 bits per heavy atom. The first kappa shape index (κ1) is 18.9. The van der Waals surface area contributed by atoms with Gasteiger partial charge in [0.1, 0.15) is 5.82 Å². The molecule has 1 amide bonds. The Morgan fingerprint density at radius 2 is 2.09 bits per heavy atom. The summed E-state index contributed by atoms with van der Waals surface area (Å²) >= 11 is 0. The Bertz CT molecular complexity index is 455. The number of likely N-dealkylation sites (tertiary alicyclic amines) is 1. The van der Waals surface area contributed by atoms with Crippen molar-refractivity contribution in [3.8, 4) is 0 Å². The average molecular weight is 330 g/mol. The van der Waals surface area contributed by atoms with E-state index in [2.05, 4.69) is 10.2 Å². The number of nitrogens with two attached hydrogens (primary N) is 1. The fraction of sp³-hybridized carbons (Fsp3) is 0.562. The lowest BCUT2D eigenvalue weighted by molar-refractivity contribution is -0.122. The van der Waals surface area contributed by atoms with Crippen molar-refractivity contribution in [3.63, 3.8) is 0 Å². The van der Waals surface area contributed by atoms with Gasteiger partial charge in [-0.05, 0) is 56.0 Å². The van der Waals surface area contributed by atoms with Crippen molar-refractivity contribution in [1.82, 2.24) is 10.2 Å². The van der Waals surface area contributed by atoms with Crippen molar-refractivity contribution in [3.05, 3.63) is 35.6 Å². The monoisotopic (exact) mass is 329 g/mol. The van der Waals surface area contributed by atoms with Crippen LogP contribution in [0.5, 0.6) is 0 Å². The molecule has 0 saturated carbocycles. The summed E-state index contributed by atoms with van der Waals surface area (Å²) < 4.78 is 12.8. The highest BCUT2D eigenvalue weighted by Crippen LogP contribution is 2.14. The zero-order valence-corrected chi connectivity index (χ0v) is 13.6. The lowest BCUT2D eigenvalue weighted by Gasteiger charge is -2.31. The van der Waals surface area contributed by atoms with Crippen LogP contribution in [0.15, 0.2) is 24.3 Å². The molecule has 1 unspecified atom stereocenters. The SMILES string of the molecule is Cl.NCC1CCCN(CC(=O)NCCc2ccc(F)cc2)C1. The Balaban J connectivity index is 0.00000242. The van der Waals surface area contributed by atoms with E-state index in [0.29, 0.717) is 25.6 Å². The zero-order chi connectivity index (χ0) is 15.1. The van der Waals surface area contributed by atoms with E-state index < -0.39 is 0 Å². The quantitative estimate of drug-likeness (QED) is 0.833. The molecule has 0 aromatic heterocycles. The van der Waals surface area contributed by atoms with Crippen molar-refractivity contribution < 1.29 is 9.18 Å². The van der Waals surface area contributed by atoms with Gasteiger partial charge in [0.25, 0.3) is 0 Å². The molecule has 4 nitrogen and oxygen atoms in total. The van der Waals surface area contributed by atoms with Crippen LogP contribution in [-0.2, 0) is 11.2 Å². The number of piperidine rings is 1. The minimum absolute atomic E-state index is 0. The highest BCUT2D eigenvalue weighted by molar-refractivity contribution is 5.85. The molecule has 1 fully saturated rings. The molecule has 0 bridgehead atoms. The number of benzene rings is 1. The number of nitrogens with zero attached hydrogens (tertiary/aromatic N) is 1. The zero-order valence-electron chi connectivity index (χ0n) is 12.8. The van der Waals surface area contributed by atoms with Crippen LogP contribution in [0.3, 0.4) is 0 Å². The number of halogens is 2. The molecule has 1 aromatic carbocycles. The summed E-state index contributed by atoms with van der Waals surface area (Å²) in [4.78, 5) is 14.1. The van der Waals surface area contributed by atoms with Gasteiger partial charge in [-0.3, -0.25) is 9.69 Å². The van der Waals surface area contributed by atoms with E-state index in [1.165, 1.54) is 18.6 Å². The van der Waals surface area contributed by atoms with Crippen LogP contribution in [0.4, 0.5) is 4.39 Å². The molecule has 1 saturated heterocycles. The molecule has 22 heavy (non-hydrogen) atoms. The summed E-state index contributed by atoms with van der Waals surface area (Å²) in [5.41, 5.74) is 6.72. The summed E-state index contributed by atoms with van der Waals surface area (Å²) in [6.07, 6.45) is 3.00. The van der Waals surface area contributed by atoms with Gasteiger partial charge in [0.05, 0.1) is 6.54 Å². The Hall–Kier alpha value is -1.17. The highest BCUT2D eigenvalue weighted by atomic mass is 35.5. The molecule has 1 aliphatic rings. The number of hydrogen-bond donors (Lipinski definition) is 2. The molecule has 1 heterocycles. The Labute approximate surface area is 137 Å². The normalized spacial score (nSPS) is 18.5. The molecule has 2 rings (SSSR count). The Kier molecular flexibility index (Phi) is 8.38. The van der Waals surface area contributed by atoms with E-state index >= 15 is 0 Å². The van der Waals surface area contributed by atoms with E-state index in [0.717, 1.165) is 31.5 Å². The van der Waals surface area contributed by atoms with E-state index in [9.17, 15) is 9.18 Å². The van der Waals surface area contributed by atoms with Crippen LogP contribution in [-0.4, -0.2) is 43.5 Å². The van der Waals surface area contributed by atoms with Gasteiger partial charge in [-0.15, -0.1) is 12.4 Å². The first-order chi connectivity index (χ1) is 10.2. The second-order valence-electron chi connectivity index (χ2n) is 5.71. The second-order valence-corrected chi connectivity index (χ2v) is 5.71. The fourth-order valence-corrected chi connectivity index (χ4v) is 2.74. The van der Waals surface area contributed by atoms with Gasteiger partial charge in [0, 0.05) is 13.1 Å². The van der Waals surface area contributed by atoms with Crippen molar-refractivity contribution >= 4 is 18.3 Å². The van der Waals surface area contributed by atoms with Crippen molar-refractivity contribution in [2.75, 3.05) is 32.7 Å². The topological polar surface area (TPSA) is 58.4 Å². The van der Waals surface area contributed by atoms with Gasteiger partial charge in [-0.1, -0.05) is 12.1 Å². The maximum Gasteiger partial charge on any atom is 0.234 e. The van der Waals surface area contributed by atoms with Crippen LogP contribution in [0.1, 0.15) is 18.4 Å². The summed E-state index contributed by atoms with van der Waals surface area (Å²) in [5, 5.41) is 2.92. The van der Waals surface area contributed by atoms with Crippen LogP contribution in [0.2, 0.25) is 0 Å². The highest BCUT2D eigenvalue weighted by Gasteiger charge is 2.20. The standard InChI is InChI=1S/C16H24FN3O.ClH/c17-15-5-3-13(4-6-15)7-8-19-16(21)12-20-9-1-2-14(10-18)11-20;/h3-6,14H,1-2,7-12,18H2,(H,19,21);1H. The predicted octanol–water partition coefficient (Wildman–Crippen LogP) is 1.58. The number of hydrogen-bond acceptors (Lipinski definition) is 3. The minimum atomic E-state index is -0.234. The molecule has 0 radical (unpaired) electrons. The molecule has 1 aromatic rings. The third-order valence-electron chi connectivity index (χ3n) is 3.95. The summed E-state index contributed by atoms with van der Waals surface area (Å²) in [6.45, 7) is 3.62. The predicted molar refractivity (Wildman–Crippen MR) is 88.6 cm³/mol. The number of carbonyl (C=O) groups excluding carboxylic acids is 1. The smallest absolute Gasteiger partial charge is 0.234 e. The average Bonchev–Trinajstić information content (AvgIpc) is 2.49. The van der Waals surface area contributed by atoms with E-state index in [-0.39, 0.29) is 24.1 Å². The van der Waals surface area contributed by atoms with E-state index in [1.807, 2.05) is 0 Å². The minimum Gasteiger partial charge on any atom is -0.355 e. The molecule has 1 aliphatic heterocycles.